The van der Waals surface area contributed by atoms with Crippen molar-refractivity contribution in [3.63, 3.8) is 0 Å². The van der Waals surface area contributed by atoms with Gasteiger partial charge in [-0.25, -0.2) is 0 Å². The standard InChI is InChI=1S/C14H21ClN2O2/c1-3-17-12(13(15)9(2)16-17)8-11(14(18)19)10-6-4-5-7-10/h10-11H,3-8H2,1-2H3,(H,18,19). The van der Waals surface area contributed by atoms with Gasteiger partial charge in [-0.15, -0.1) is 0 Å². The van der Waals surface area contributed by atoms with Crippen molar-refractivity contribution in [2.75, 3.05) is 0 Å². The predicted octanol–water partition coefficient (Wildman–Crippen LogP) is 3.30. The van der Waals surface area contributed by atoms with Gasteiger partial charge in [-0.1, -0.05) is 24.4 Å². The topological polar surface area (TPSA) is 55.1 Å². The Morgan fingerprint density at radius 3 is 2.68 bits per heavy atom. The zero-order valence-electron chi connectivity index (χ0n) is 11.5. The monoisotopic (exact) mass is 284 g/mol. The summed E-state index contributed by atoms with van der Waals surface area (Å²) in [5.41, 5.74) is 1.66. The summed E-state index contributed by atoms with van der Waals surface area (Å²) in [6, 6.07) is 0. The second-order valence-electron chi connectivity index (χ2n) is 5.36. The van der Waals surface area contributed by atoms with Crippen LogP contribution >= 0.6 is 11.6 Å². The lowest BCUT2D eigenvalue weighted by molar-refractivity contribution is -0.143. The second kappa shape index (κ2) is 5.95. The van der Waals surface area contributed by atoms with Gasteiger partial charge in [0.15, 0.2) is 0 Å². The van der Waals surface area contributed by atoms with Gasteiger partial charge >= 0.3 is 5.97 Å². The van der Waals surface area contributed by atoms with Crippen LogP contribution in [0.4, 0.5) is 0 Å². The summed E-state index contributed by atoms with van der Waals surface area (Å²) in [5, 5.41) is 14.5. The van der Waals surface area contributed by atoms with E-state index in [4.69, 9.17) is 11.6 Å². The van der Waals surface area contributed by atoms with E-state index in [0.717, 1.165) is 43.6 Å². The number of nitrogens with zero attached hydrogens (tertiary/aromatic N) is 2. The highest BCUT2D eigenvalue weighted by Crippen LogP contribution is 2.35. The average molecular weight is 285 g/mol. The second-order valence-corrected chi connectivity index (χ2v) is 5.73. The van der Waals surface area contributed by atoms with Crippen molar-refractivity contribution in [3.8, 4) is 0 Å². The van der Waals surface area contributed by atoms with Crippen LogP contribution in [0.5, 0.6) is 0 Å². The highest BCUT2D eigenvalue weighted by molar-refractivity contribution is 6.31. The van der Waals surface area contributed by atoms with Crippen molar-refractivity contribution in [3.05, 3.63) is 16.4 Å². The normalized spacial score (nSPS) is 17.8. The van der Waals surface area contributed by atoms with Gasteiger partial charge in [-0.2, -0.15) is 5.10 Å². The van der Waals surface area contributed by atoms with Crippen molar-refractivity contribution >= 4 is 17.6 Å². The first-order valence-corrected chi connectivity index (χ1v) is 7.37. The molecule has 1 unspecified atom stereocenters. The molecule has 0 saturated heterocycles. The molecule has 0 aliphatic heterocycles. The molecule has 1 N–H and O–H groups in total. The Morgan fingerprint density at radius 2 is 2.16 bits per heavy atom. The highest BCUT2D eigenvalue weighted by atomic mass is 35.5. The van der Waals surface area contributed by atoms with Crippen molar-refractivity contribution in [1.82, 2.24) is 9.78 Å². The SMILES string of the molecule is CCn1nc(C)c(Cl)c1CC(C(=O)O)C1CCCC1. The molecule has 0 aromatic carbocycles. The Balaban J connectivity index is 2.23. The third kappa shape index (κ3) is 2.94. The zero-order valence-corrected chi connectivity index (χ0v) is 12.3. The van der Waals surface area contributed by atoms with E-state index in [2.05, 4.69) is 5.10 Å². The summed E-state index contributed by atoms with van der Waals surface area (Å²) in [7, 11) is 0. The van der Waals surface area contributed by atoms with Crippen molar-refractivity contribution in [2.45, 2.75) is 52.5 Å². The minimum absolute atomic E-state index is 0.286. The number of carbonyl (C=O) groups is 1. The van der Waals surface area contributed by atoms with Crippen molar-refractivity contribution in [1.29, 1.82) is 0 Å². The van der Waals surface area contributed by atoms with Gasteiger partial charge in [0.25, 0.3) is 0 Å². The van der Waals surface area contributed by atoms with E-state index >= 15 is 0 Å². The van der Waals surface area contributed by atoms with Gasteiger partial charge in [0.1, 0.15) is 0 Å². The van der Waals surface area contributed by atoms with Gasteiger partial charge in [0.2, 0.25) is 0 Å². The lowest BCUT2D eigenvalue weighted by Crippen LogP contribution is -2.25. The molecule has 1 aromatic heterocycles. The van der Waals surface area contributed by atoms with Gasteiger partial charge < -0.3 is 5.11 Å². The van der Waals surface area contributed by atoms with E-state index in [9.17, 15) is 9.90 Å². The van der Waals surface area contributed by atoms with Gasteiger partial charge in [-0.3, -0.25) is 9.48 Å². The molecule has 0 spiro atoms. The largest absolute Gasteiger partial charge is 0.481 e. The average Bonchev–Trinajstić information content (AvgIpc) is 2.97. The Hall–Kier alpha value is -1.03. The number of aryl methyl sites for hydroxylation is 2. The maximum atomic E-state index is 11.5. The zero-order chi connectivity index (χ0) is 14.0. The summed E-state index contributed by atoms with van der Waals surface area (Å²) in [6.07, 6.45) is 4.83. The molecule has 1 fully saturated rings. The van der Waals surface area contributed by atoms with E-state index < -0.39 is 5.97 Å². The molecule has 1 aromatic rings. The minimum atomic E-state index is -0.704. The van der Waals surface area contributed by atoms with E-state index in [1.165, 1.54) is 0 Å². The number of halogens is 1. The minimum Gasteiger partial charge on any atom is -0.481 e. The maximum absolute atomic E-state index is 11.5. The summed E-state index contributed by atoms with van der Waals surface area (Å²) in [6.45, 7) is 4.58. The molecule has 0 radical (unpaired) electrons. The van der Waals surface area contributed by atoms with E-state index in [1.54, 1.807) is 0 Å². The number of carboxylic acid groups (broad SMARTS) is 1. The molecule has 2 rings (SSSR count). The Bertz CT molecular complexity index is 464. The summed E-state index contributed by atoms with van der Waals surface area (Å²) in [5.74, 6) is -0.750. The number of rotatable bonds is 5. The van der Waals surface area contributed by atoms with E-state index in [-0.39, 0.29) is 11.8 Å². The third-order valence-corrected chi connectivity index (χ3v) is 4.64. The predicted molar refractivity (Wildman–Crippen MR) is 74.4 cm³/mol. The quantitative estimate of drug-likeness (QED) is 0.902. The van der Waals surface area contributed by atoms with Crippen LogP contribution in [0.15, 0.2) is 0 Å². The first kappa shape index (κ1) is 14.4. The molecule has 1 aliphatic rings. The van der Waals surface area contributed by atoms with Crippen LogP contribution in [0.3, 0.4) is 0 Å². The molecule has 0 bridgehead atoms. The molecule has 0 amide bonds. The van der Waals surface area contributed by atoms with Crippen LogP contribution in [0.1, 0.15) is 44.0 Å². The Morgan fingerprint density at radius 1 is 1.53 bits per heavy atom. The van der Waals surface area contributed by atoms with E-state index in [0.29, 0.717) is 11.4 Å². The fraction of sp³-hybridized carbons (Fsp3) is 0.714. The molecule has 5 heteroatoms. The number of hydrogen-bond acceptors (Lipinski definition) is 2. The number of aliphatic carboxylic acids is 1. The molecule has 1 atom stereocenters. The fourth-order valence-electron chi connectivity index (χ4n) is 3.09. The Labute approximate surface area is 118 Å². The van der Waals surface area contributed by atoms with Gasteiger partial charge in [-0.05, 0) is 32.6 Å². The molecular weight excluding hydrogens is 264 g/mol. The molecule has 1 saturated carbocycles. The molecule has 4 nitrogen and oxygen atoms in total. The van der Waals surface area contributed by atoms with Crippen LogP contribution in [0.2, 0.25) is 5.02 Å². The van der Waals surface area contributed by atoms with Gasteiger partial charge in [0.05, 0.1) is 22.3 Å². The van der Waals surface area contributed by atoms with Crippen molar-refractivity contribution < 1.29 is 9.90 Å². The summed E-state index contributed by atoms with van der Waals surface area (Å²) < 4.78 is 1.84. The van der Waals surface area contributed by atoms with Crippen LogP contribution < -0.4 is 0 Å². The van der Waals surface area contributed by atoms with Crippen LogP contribution in [-0.4, -0.2) is 20.9 Å². The van der Waals surface area contributed by atoms with Crippen LogP contribution in [0.25, 0.3) is 0 Å². The maximum Gasteiger partial charge on any atom is 0.307 e. The molecule has 19 heavy (non-hydrogen) atoms. The fourth-order valence-corrected chi connectivity index (χ4v) is 3.30. The number of carboxylic acids is 1. The van der Waals surface area contributed by atoms with Crippen LogP contribution in [-0.2, 0) is 17.8 Å². The highest BCUT2D eigenvalue weighted by Gasteiger charge is 2.32. The molecular formula is C14H21ClN2O2. The Kier molecular flexibility index (Phi) is 4.50. The number of hydrogen-bond donors (Lipinski definition) is 1. The smallest absolute Gasteiger partial charge is 0.307 e. The lowest BCUT2D eigenvalue weighted by atomic mass is 9.87. The molecule has 106 valence electrons. The molecule has 1 aliphatic carbocycles. The van der Waals surface area contributed by atoms with Gasteiger partial charge in [0, 0.05) is 13.0 Å². The molecule has 1 heterocycles. The van der Waals surface area contributed by atoms with Crippen LogP contribution in [0, 0.1) is 18.8 Å². The summed E-state index contributed by atoms with van der Waals surface area (Å²) >= 11 is 6.27. The first-order valence-electron chi connectivity index (χ1n) is 6.99. The van der Waals surface area contributed by atoms with Crippen molar-refractivity contribution in [2.24, 2.45) is 11.8 Å². The van der Waals surface area contributed by atoms with E-state index in [1.807, 2.05) is 18.5 Å². The number of aromatic nitrogens is 2. The third-order valence-electron chi connectivity index (χ3n) is 4.15. The lowest BCUT2D eigenvalue weighted by Gasteiger charge is -2.19. The summed E-state index contributed by atoms with van der Waals surface area (Å²) in [4.78, 5) is 11.5. The first-order chi connectivity index (χ1) is 9.04.